The van der Waals surface area contributed by atoms with Crippen LogP contribution in [-0.2, 0) is 11.4 Å². The van der Waals surface area contributed by atoms with Crippen molar-refractivity contribution in [2.75, 3.05) is 5.32 Å². The minimum absolute atomic E-state index is 0.0475. The summed E-state index contributed by atoms with van der Waals surface area (Å²) >= 11 is 9.63. The maximum atomic E-state index is 12.9. The van der Waals surface area contributed by atoms with Crippen LogP contribution in [0.3, 0.4) is 0 Å². The van der Waals surface area contributed by atoms with Gasteiger partial charge in [0.2, 0.25) is 0 Å². The summed E-state index contributed by atoms with van der Waals surface area (Å²) in [5, 5.41) is 15.3. The standard InChI is InChI=1S/C29H22BrClN2O2/c1-18-10-11-20-6-3-4-7-24(20)25(18)17-35-28-13-12-23(30)15-21(28)14-22(16-32)29(34)33-27-9-5-8-26(31)19(27)2/h3-15H,17H2,1-2H3,(H,33,34)/b22-14+. The fourth-order valence-electron chi connectivity index (χ4n) is 3.79. The van der Waals surface area contributed by atoms with Crippen LogP contribution < -0.4 is 10.1 Å². The van der Waals surface area contributed by atoms with Crippen molar-refractivity contribution < 1.29 is 9.53 Å². The van der Waals surface area contributed by atoms with Crippen molar-refractivity contribution in [3.63, 3.8) is 0 Å². The second kappa shape index (κ2) is 10.8. The highest BCUT2D eigenvalue weighted by Gasteiger charge is 2.14. The molecule has 0 heterocycles. The molecule has 0 aromatic heterocycles. The molecule has 4 nitrogen and oxygen atoms in total. The molecule has 174 valence electrons. The zero-order chi connectivity index (χ0) is 24.9. The Hall–Kier alpha value is -3.59. The predicted octanol–water partition coefficient (Wildman–Crippen LogP) is 8.00. The van der Waals surface area contributed by atoms with Gasteiger partial charge in [0.05, 0.1) is 0 Å². The maximum Gasteiger partial charge on any atom is 0.266 e. The van der Waals surface area contributed by atoms with E-state index in [1.165, 1.54) is 6.08 Å². The number of nitrogens with zero attached hydrogens (tertiary/aromatic N) is 1. The summed E-state index contributed by atoms with van der Waals surface area (Å²) in [6, 6.07) is 25.1. The average molecular weight is 546 g/mol. The van der Waals surface area contributed by atoms with Crippen LogP contribution in [0.4, 0.5) is 5.69 Å². The molecule has 35 heavy (non-hydrogen) atoms. The summed E-state index contributed by atoms with van der Waals surface area (Å²) < 4.78 is 7.03. The molecular formula is C29H22BrClN2O2. The molecule has 0 aliphatic carbocycles. The van der Waals surface area contributed by atoms with E-state index in [4.69, 9.17) is 16.3 Å². The van der Waals surface area contributed by atoms with Gasteiger partial charge < -0.3 is 10.1 Å². The monoisotopic (exact) mass is 544 g/mol. The number of aryl methyl sites for hydroxylation is 1. The van der Waals surface area contributed by atoms with Crippen molar-refractivity contribution in [1.29, 1.82) is 5.26 Å². The van der Waals surface area contributed by atoms with E-state index in [0.717, 1.165) is 31.9 Å². The van der Waals surface area contributed by atoms with E-state index < -0.39 is 5.91 Å². The molecule has 4 aromatic carbocycles. The predicted molar refractivity (Wildman–Crippen MR) is 146 cm³/mol. The van der Waals surface area contributed by atoms with Crippen molar-refractivity contribution in [1.82, 2.24) is 0 Å². The molecule has 4 rings (SSSR count). The molecule has 0 radical (unpaired) electrons. The lowest BCUT2D eigenvalue weighted by Crippen LogP contribution is -2.14. The highest BCUT2D eigenvalue weighted by Crippen LogP contribution is 2.29. The van der Waals surface area contributed by atoms with Gasteiger partial charge in [-0.1, -0.05) is 70.0 Å². The number of nitriles is 1. The first-order valence-electron chi connectivity index (χ1n) is 10.9. The maximum absolute atomic E-state index is 12.9. The lowest BCUT2D eigenvalue weighted by Gasteiger charge is -2.14. The lowest BCUT2D eigenvalue weighted by molar-refractivity contribution is -0.112. The van der Waals surface area contributed by atoms with E-state index in [1.807, 2.05) is 43.3 Å². The third-order valence-electron chi connectivity index (χ3n) is 5.80. The van der Waals surface area contributed by atoms with E-state index in [2.05, 4.69) is 52.4 Å². The molecule has 0 spiro atoms. The molecule has 0 saturated carbocycles. The molecule has 0 fully saturated rings. The first-order chi connectivity index (χ1) is 16.9. The van der Waals surface area contributed by atoms with E-state index in [9.17, 15) is 10.1 Å². The first kappa shape index (κ1) is 24.5. The number of carbonyl (C=O) groups excluding carboxylic acids is 1. The topological polar surface area (TPSA) is 62.1 Å². The number of benzene rings is 4. The summed E-state index contributed by atoms with van der Waals surface area (Å²) in [6.45, 7) is 4.22. The number of nitrogens with one attached hydrogen (secondary N) is 1. The lowest BCUT2D eigenvalue weighted by atomic mass is 10.0. The van der Waals surface area contributed by atoms with Crippen LogP contribution in [0.5, 0.6) is 5.75 Å². The highest BCUT2D eigenvalue weighted by molar-refractivity contribution is 9.10. The van der Waals surface area contributed by atoms with Gasteiger partial charge in [0.15, 0.2) is 0 Å². The van der Waals surface area contributed by atoms with Gasteiger partial charge in [-0.25, -0.2) is 0 Å². The number of fused-ring (bicyclic) bond motifs is 1. The normalized spacial score (nSPS) is 11.2. The Morgan fingerprint density at radius 3 is 2.69 bits per heavy atom. The van der Waals surface area contributed by atoms with Gasteiger partial charge in [0, 0.05) is 26.3 Å². The second-order valence-electron chi connectivity index (χ2n) is 8.09. The zero-order valence-corrected chi connectivity index (χ0v) is 21.6. The van der Waals surface area contributed by atoms with E-state index >= 15 is 0 Å². The van der Waals surface area contributed by atoms with E-state index in [1.54, 1.807) is 18.2 Å². The molecule has 0 bridgehead atoms. The SMILES string of the molecule is Cc1ccc2ccccc2c1COc1ccc(Br)cc1/C=C(\C#N)C(=O)Nc1cccc(Cl)c1C. The first-order valence-corrected chi connectivity index (χ1v) is 12.1. The Bertz CT molecular complexity index is 1500. The van der Waals surface area contributed by atoms with Crippen LogP contribution in [0, 0.1) is 25.2 Å². The molecule has 6 heteroatoms. The van der Waals surface area contributed by atoms with Gasteiger partial charge in [-0.05, 0) is 72.2 Å². The Morgan fingerprint density at radius 1 is 1.09 bits per heavy atom. The quantitative estimate of drug-likeness (QED) is 0.197. The summed E-state index contributed by atoms with van der Waals surface area (Å²) in [5.41, 5.74) is 4.08. The minimum atomic E-state index is -0.520. The fourth-order valence-corrected chi connectivity index (χ4v) is 4.34. The number of halogens is 2. The van der Waals surface area contributed by atoms with Crippen molar-refractivity contribution >= 4 is 56.0 Å². The van der Waals surface area contributed by atoms with Crippen molar-refractivity contribution in [2.24, 2.45) is 0 Å². The summed E-state index contributed by atoms with van der Waals surface area (Å²) in [5.74, 6) is 0.0497. The van der Waals surface area contributed by atoms with Crippen molar-refractivity contribution in [2.45, 2.75) is 20.5 Å². The molecule has 1 amide bonds. The highest BCUT2D eigenvalue weighted by atomic mass is 79.9. The summed E-state index contributed by atoms with van der Waals surface area (Å²) in [4.78, 5) is 12.9. The number of carbonyl (C=O) groups is 1. The van der Waals surface area contributed by atoms with Gasteiger partial charge in [0.1, 0.15) is 24.0 Å². The number of ether oxygens (including phenoxy) is 1. The Balaban J connectivity index is 1.63. The Morgan fingerprint density at radius 2 is 1.89 bits per heavy atom. The van der Waals surface area contributed by atoms with Crippen LogP contribution >= 0.6 is 27.5 Å². The molecule has 0 unspecified atom stereocenters. The van der Waals surface area contributed by atoms with Gasteiger partial charge in [-0.15, -0.1) is 0 Å². The van der Waals surface area contributed by atoms with Crippen LogP contribution in [0.2, 0.25) is 5.02 Å². The second-order valence-corrected chi connectivity index (χ2v) is 9.41. The molecule has 0 saturated heterocycles. The van der Waals surface area contributed by atoms with Crippen molar-refractivity contribution in [3.8, 4) is 11.8 Å². The van der Waals surface area contributed by atoms with E-state index in [-0.39, 0.29) is 5.57 Å². The molecule has 0 aliphatic rings. The number of anilines is 1. The van der Waals surface area contributed by atoms with Gasteiger partial charge >= 0.3 is 0 Å². The van der Waals surface area contributed by atoms with Crippen LogP contribution in [-0.4, -0.2) is 5.91 Å². The summed E-state index contributed by atoms with van der Waals surface area (Å²) in [7, 11) is 0. The van der Waals surface area contributed by atoms with Crippen LogP contribution in [0.25, 0.3) is 16.8 Å². The van der Waals surface area contributed by atoms with Crippen LogP contribution in [0.15, 0.2) is 82.8 Å². The number of rotatable bonds is 6. The van der Waals surface area contributed by atoms with Crippen molar-refractivity contribution in [3.05, 3.63) is 110 Å². The van der Waals surface area contributed by atoms with Gasteiger partial charge in [0.25, 0.3) is 5.91 Å². The average Bonchev–Trinajstić information content (AvgIpc) is 2.85. The number of hydrogen-bond donors (Lipinski definition) is 1. The largest absolute Gasteiger partial charge is 0.488 e. The third-order valence-corrected chi connectivity index (χ3v) is 6.70. The zero-order valence-electron chi connectivity index (χ0n) is 19.2. The molecule has 1 N–H and O–H groups in total. The fraction of sp³-hybridized carbons (Fsp3) is 0.103. The number of amides is 1. The van der Waals surface area contributed by atoms with Crippen LogP contribution in [0.1, 0.15) is 22.3 Å². The minimum Gasteiger partial charge on any atom is -0.488 e. The molecule has 0 aliphatic heterocycles. The molecular weight excluding hydrogens is 524 g/mol. The number of hydrogen-bond acceptors (Lipinski definition) is 3. The van der Waals surface area contributed by atoms with E-state index in [0.29, 0.717) is 28.6 Å². The Kier molecular flexibility index (Phi) is 7.55. The molecule has 0 atom stereocenters. The smallest absolute Gasteiger partial charge is 0.266 e. The Labute approximate surface area is 217 Å². The van der Waals surface area contributed by atoms with Gasteiger partial charge in [-0.3, -0.25) is 4.79 Å². The van der Waals surface area contributed by atoms with Gasteiger partial charge in [-0.2, -0.15) is 5.26 Å². The molecule has 4 aromatic rings. The third kappa shape index (κ3) is 5.57. The summed E-state index contributed by atoms with van der Waals surface area (Å²) in [6.07, 6.45) is 1.53.